The van der Waals surface area contributed by atoms with Crippen molar-refractivity contribution in [2.75, 3.05) is 10.6 Å². The standard InChI is InChI=1S/C28H25N7O/c1-18-11-23(14-24(12-18)35-16-20(3)31-17-35)32-27(36)21-7-6-19(2)26(13-21)34-28-30-10-8-25(33-28)22-5-4-9-29-15-22/h4-17H,1-3H3,(H,32,36)(H,30,33,34)/i2D3,4D,5D,9D,15D,16D,17D. The van der Waals surface area contributed by atoms with Gasteiger partial charge in [0.25, 0.3) is 5.91 Å². The van der Waals surface area contributed by atoms with Gasteiger partial charge >= 0.3 is 0 Å². The van der Waals surface area contributed by atoms with Crippen LogP contribution < -0.4 is 10.6 Å². The molecule has 0 saturated carbocycles. The van der Waals surface area contributed by atoms with Gasteiger partial charge in [-0.2, -0.15) is 0 Å². The Kier molecular flexibility index (Phi) is 3.95. The molecule has 1 amide bonds. The van der Waals surface area contributed by atoms with Gasteiger partial charge in [0.05, 0.1) is 24.5 Å². The summed E-state index contributed by atoms with van der Waals surface area (Å²) >= 11 is 0. The molecule has 0 spiro atoms. The highest BCUT2D eigenvalue weighted by atomic mass is 16.1. The number of nitrogens with zero attached hydrogens (tertiary/aromatic N) is 5. The minimum Gasteiger partial charge on any atom is -0.324 e. The maximum absolute atomic E-state index is 13.4. The van der Waals surface area contributed by atoms with Crippen molar-refractivity contribution in [1.29, 1.82) is 0 Å². The Morgan fingerprint density at radius 2 is 2.03 bits per heavy atom. The van der Waals surface area contributed by atoms with Crippen LogP contribution in [-0.4, -0.2) is 30.4 Å². The first-order valence-corrected chi connectivity index (χ1v) is 10.8. The molecule has 178 valence electrons. The van der Waals surface area contributed by atoms with Gasteiger partial charge in [-0.15, -0.1) is 0 Å². The van der Waals surface area contributed by atoms with Crippen LogP contribution in [-0.2, 0) is 0 Å². The zero-order chi connectivity index (χ0) is 32.8. The number of nitrogens with one attached hydrogen (secondary N) is 2. The van der Waals surface area contributed by atoms with E-state index in [1.165, 1.54) is 35.0 Å². The number of anilines is 3. The van der Waals surface area contributed by atoms with E-state index in [-0.39, 0.29) is 46.5 Å². The number of rotatable bonds is 6. The highest BCUT2D eigenvalue weighted by Gasteiger charge is 2.12. The molecule has 8 nitrogen and oxygen atoms in total. The SMILES string of the molecule is [2H]c1nc([2H])c(-c2ccnc(Nc3cc(C(=O)Nc4cc(C)cc(-n5c([2H])nc(C)c5[2H])c4)ccc3C([2H])([2H])[2H])n2)c([2H])c1[2H]. The maximum atomic E-state index is 13.4. The van der Waals surface area contributed by atoms with E-state index in [2.05, 4.69) is 30.6 Å². The smallest absolute Gasteiger partial charge is 0.255 e. The molecule has 3 aromatic heterocycles. The van der Waals surface area contributed by atoms with Crippen LogP contribution in [0.2, 0.25) is 0 Å². The van der Waals surface area contributed by atoms with E-state index in [0.29, 0.717) is 17.1 Å². The van der Waals surface area contributed by atoms with E-state index < -0.39 is 37.2 Å². The molecule has 0 atom stereocenters. The largest absolute Gasteiger partial charge is 0.324 e. The topological polar surface area (TPSA) is 97.6 Å². The van der Waals surface area contributed by atoms with Crippen LogP contribution in [0, 0.1) is 20.7 Å². The summed E-state index contributed by atoms with van der Waals surface area (Å²) in [5.74, 6) is -0.671. The number of aryl methyl sites for hydroxylation is 3. The van der Waals surface area contributed by atoms with Gasteiger partial charge in [-0.3, -0.25) is 9.78 Å². The summed E-state index contributed by atoms with van der Waals surface area (Å²) in [5, 5.41) is 5.61. The lowest BCUT2D eigenvalue weighted by atomic mass is 10.1. The molecule has 36 heavy (non-hydrogen) atoms. The first kappa shape index (κ1) is 14.5. The third-order valence-electron chi connectivity index (χ3n) is 5.08. The third kappa shape index (κ3) is 5.12. The molecule has 3 heterocycles. The molecule has 5 aromatic rings. The third-order valence-corrected chi connectivity index (χ3v) is 5.08. The maximum Gasteiger partial charge on any atom is 0.255 e. The molecule has 0 aliphatic heterocycles. The number of carbonyl (C=O) groups is 1. The van der Waals surface area contributed by atoms with Gasteiger partial charge in [0, 0.05) is 57.0 Å². The van der Waals surface area contributed by atoms with Crippen molar-refractivity contribution in [3.05, 3.63) is 108 Å². The van der Waals surface area contributed by atoms with Gasteiger partial charge in [-0.1, -0.05) is 6.07 Å². The second-order valence-electron chi connectivity index (χ2n) is 7.87. The monoisotopic (exact) mass is 484 g/mol. The van der Waals surface area contributed by atoms with Crippen LogP contribution in [0.25, 0.3) is 16.9 Å². The van der Waals surface area contributed by atoms with Gasteiger partial charge in [0.15, 0.2) is 0 Å². The van der Waals surface area contributed by atoms with Crippen LogP contribution in [0.5, 0.6) is 0 Å². The summed E-state index contributed by atoms with van der Waals surface area (Å²) in [7, 11) is 0. The highest BCUT2D eigenvalue weighted by molar-refractivity contribution is 6.05. The van der Waals surface area contributed by atoms with Crippen molar-refractivity contribution in [2.45, 2.75) is 20.7 Å². The fraction of sp³-hybridized carbons (Fsp3) is 0.107. The predicted octanol–water partition coefficient (Wildman–Crippen LogP) is 5.65. The number of hydrogen-bond acceptors (Lipinski definition) is 6. The van der Waals surface area contributed by atoms with Crippen molar-refractivity contribution in [3.8, 4) is 16.9 Å². The molecule has 0 radical (unpaired) electrons. The van der Waals surface area contributed by atoms with Gasteiger partial charge < -0.3 is 15.2 Å². The van der Waals surface area contributed by atoms with E-state index in [4.69, 9.17) is 12.3 Å². The summed E-state index contributed by atoms with van der Waals surface area (Å²) < 4.78 is 73.5. The minimum absolute atomic E-state index is 0.00863. The number of aromatic nitrogens is 5. The number of amides is 1. The fourth-order valence-corrected chi connectivity index (χ4v) is 3.45. The Balaban J connectivity index is 1.48. The summed E-state index contributed by atoms with van der Waals surface area (Å²) in [4.78, 5) is 29.5. The van der Waals surface area contributed by atoms with Gasteiger partial charge in [-0.25, -0.2) is 15.0 Å². The Morgan fingerprint density at radius 3 is 2.86 bits per heavy atom. The molecule has 0 aliphatic carbocycles. The van der Waals surface area contributed by atoms with Crippen LogP contribution in [0.3, 0.4) is 0 Å². The van der Waals surface area contributed by atoms with E-state index in [1.807, 2.05) is 0 Å². The molecule has 0 bridgehead atoms. The molecule has 0 fully saturated rings. The zero-order valence-electron chi connectivity index (χ0n) is 28.3. The molecule has 0 unspecified atom stereocenters. The number of benzene rings is 2. The van der Waals surface area contributed by atoms with E-state index in [9.17, 15) is 4.79 Å². The zero-order valence-corrected chi connectivity index (χ0v) is 19.3. The fourth-order valence-electron chi connectivity index (χ4n) is 3.45. The van der Waals surface area contributed by atoms with Crippen LogP contribution in [0.15, 0.2) is 85.6 Å². The number of hydrogen-bond donors (Lipinski definition) is 2. The van der Waals surface area contributed by atoms with Crippen LogP contribution in [0.4, 0.5) is 17.3 Å². The average molecular weight is 485 g/mol. The van der Waals surface area contributed by atoms with E-state index in [0.717, 1.165) is 5.56 Å². The predicted molar refractivity (Wildman–Crippen MR) is 141 cm³/mol. The molecule has 8 heteroatoms. The highest BCUT2D eigenvalue weighted by Crippen LogP contribution is 2.24. The molecular weight excluding hydrogens is 450 g/mol. The lowest BCUT2D eigenvalue weighted by Crippen LogP contribution is -2.13. The summed E-state index contributed by atoms with van der Waals surface area (Å²) in [6, 6.07) is 9.55. The summed E-state index contributed by atoms with van der Waals surface area (Å²) in [6.07, 6.45) is 0.306. The lowest BCUT2D eigenvalue weighted by Gasteiger charge is -2.13. The van der Waals surface area contributed by atoms with Crippen LogP contribution in [0.1, 0.15) is 39.5 Å². The normalized spacial score (nSPS) is 14.7. The number of pyridine rings is 1. The molecule has 2 N–H and O–H groups in total. The second-order valence-corrected chi connectivity index (χ2v) is 7.87. The number of imidazole rings is 1. The Bertz CT molecular complexity index is 1980. The molecule has 0 saturated heterocycles. The van der Waals surface area contributed by atoms with Crippen LogP contribution >= 0.6 is 0 Å². The van der Waals surface area contributed by atoms with E-state index in [1.54, 1.807) is 32.0 Å². The van der Waals surface area contributed by atoms with Crippen molar-refractivity contribution in [1.82, 2.24) is 24.5 Å². The van der Waals surface area contributed by atoms with Crippen molar-refractivity contribution in [3.63, 3.8) is 0 Å². The first-order valence-electron chi connectivity index (χ1n) is 15.3. The average Bonchev–Trinajstić information content (AvgIpc) is 3.21. The lowest BCUT2D eigenvalue weighted by molar-refractivity contribution is 0.102. The second kappa shape index (κ2) is 9.79. The minimum atomic E-state index is -2.58. The van der Waals surface area contributed by atoms with Crippen molar-refractivity contribution in [2.24, 2.45) is 0 Å². The Hall–Kier alpha value is -4.85. The molecule has 5 rings (SSSR count). The van der Waals surface area contributed by atoms with E-state index >= 15 is 0 Å². The molecule has 0 aliphatic rings. The Morgan fingerprint density at radius 1 is 1.11 bits per heavy atom. The first-order chi connectivity index (χ1) is 21.1. The summed E-state index contributed by atoms with van der Waals surface area (Å²) in [6.45, 7) is 0.847. The quantitative estimate of drug-likeness (QED) is 0.323. The summed E-state index contributed by atoms with van der Waals surface area (Å²) in [5.41, 5.74) is 1.94. The van der Waals surface area contributed by atoms with Gasteiger partial charge in [0.2, 0.25) is 5.95 Å². The Labute approximate surface area is 221 Å². The van der Waals surface area contributed by atoms with Crippen molar-refractivity contribution < 1.29 is 17.1 Å². The molecular formula is C28H25N7O. The van der Waals surface area contributed by atoms with Gasteiger partial charge in [0.1, 0.15) is 1.37 Å². The molecule has 2 aromatic carbocycles. The number of carbonyl (C=O) groups excluding carboxylic acids is 1. The van der Waals surface area contributed by atoms with Gasteiger partial charge in [-0.05, 0) is 80.3 Å². The van der Waals surface area contributed by atoms with Crippen molar-refractivity contribution >= 4 is 23.2 Å².